The second-order valence-electron chi connectivity index (χ2n) is 8.24. The van der Waals surface area contributed by atoms with Gasteiger partial charge in [-0.3, -0.25) is 4.79 Å². The molecule has 0 aliphatic carbocycles. The molecule has 1 amide bonds. The maximum atomic E-state index is 13.0. The summed E-state index contributed by atoms with van der Waals surface area (Å²) >= 11 is 0. The third kappa shape index (κ3) is 5.71. The summed E-state index contributed by atoms with van der Waals surface area (Å²) in [6, 6.07) is 6.39. The zero-order valence-corrected chi connectivity index (χ0v) is 18.3. The Balaban J connectivity index is 1.53. The van der Waals surface area contributed by atoms with Gasteiger partial charge in [-0.05, 0) is 69.0 Å². The third-order valence-corrected chi connectivity index (χ3v) is 7.72. The van der Waals surface area contributed by atoms with Crippen LogP contribution in [0.25, 0.3) is 0 Å². The van der Waals surface area contributed by atoms with E-state index in [4.69, 9.17) is 4.74 Å². The highest BCUT2D eigenvalue weighted by Gasteiger charge is 2.33. The third-order valence-electron chi connectivity index (χ3n) is 5.85. The number of hydrogen-bond donors (Lipinski definition) is 1. The van der Waals surface area contributed by atoms with E-state index in [9.17, 15) is 13.2 Å². The van der Waals surface area contributed by atoms with Crippen LogP contribution in [0.1, 0.15) is 32.6 Å². The van der Waals surface area contributed by atoms with Crippen LogP contribution in [0.5, 0.6) is 5.75 Å². The number of sulfonamides is 1. The van der Waals surface area contributed by atoms with Crippen LogP contribution < -0.4 is 10.1 Å². The quantitative estimate of drug-likeness (QED) is 0.691. The van der Waals surface area contributed by atoms with Crippen molar-refractivity contribution < 1.29 is 17.9 Å². The number of hydrogen-bond acceptors (Lipinski definition) is 5. The van der Waals surface area contributed by atoms with E-state index in [1.165, 1.54) is 17.1 Å². The van der Waals surface area contributed by atoms with E-state index in [2.05, 4.69) is 17.1 Å². The number of carbonyl (C=O) groups is 1. The summed E-state index contributed by atoms with van der Waals surface area (Å²) in [5.74, 6) is 0.673. The normalized spacial score (nSPS) is 22.3. The number of benzene rings is 1. The molecule has 0 unspecified atom stereocenters. The molecule has 162 valence electrons. The zero-order valence-electron chi connectivity index (χ0n) is 17.5. The summed E-state index contributed by atoms with van der Waals surface area (Å²) in [4.78, 5) is 15.3. The first-order chi connectivity index (χ1) is 13.9. The van der Waals surface area contributed by atoms with Crippen molar-refractivity contribution in [2.45, 2.75) is 37.5 Å². The molecule has 0 spiro atoms. The smallest absolute Gasteiger partial charge is 0.243 e. The Labute approximate surface area is 174 Å². The van der Waals surface area contributed by atoms with E-state index >= 15 is 0 Å². The van der Waals surface area contributed by atoms with Gasteiger partial charge in [0.15, 0.2) is 0 Å². The minimum atomic E-state index is -3.61. The molecule has 0 radical (unpaired) electrons. The lowest BCUT2D eigenvalue weighted by Gasteiger charge is -2.31. The van der Waals surface area contributed by atoms with Gasteiger partial charge in [0.2, 0.25) is 15.9 Å². The standard InChI is InChI=1S/C21H33N3O4S/c1-17(15-23-11-3-4-12-23)14-22-21(25)18-6-5-13-24(16-18)29(26,27)20-9-7-19(28-2)8-10-20/h7-10,17-18H,3-6,11-16H2,1-2H3,(H,22,25)/t17-,18-/m0/s1. The number of methoxy groups -OCH3 is 1. The molecule has 1 N–H and O–H groups in total. The average Bonchev–Trinajstić information content (AvgIpc) is 3.25. The Morgan fingerprint density at radius 1 is 1.17 bits per heavy atom. The Kier molecular flexibility index (Phi) is 7.54. The molecule has 2 fully saturated rings. The molecule has 1 aromatic rings. The molecule has 8 heteroatoms. The van der Waals surface area contributed by atoms with Crippen molar-refractivity contribution in [1.29, 1.82) is 0 Å². The summed E-state index contributed by atoms with van der Waals surface area (Å²) < 4.78 is 32.5. The van der Waals surface area contributed by atoms with Gasteiger partial charge in [-0.15, -0.1) is 0 Å². The first kappa shape index (κ1) is 22.1. The fraction of sp³-hybridized carbons (Fsp3) is 0.667. The van der Waals surface area contributed by atoms with E-state index < -0.39 is 10.0 Å². The second-order valence-corrected chi connectivity index (χ2v) is 10.2. The van der Waals surface area contributed by atoms with E-state index in [-0.39, 0.29) is 23.3 Å². The number of piperidine rings is 1. The Hall–Kier alpha value is -1.64. The topological polar surface area (TPSA) is 79.0 Å². The van der Waals surface area contributed by atoms with Crippen LogP contribution in [-0.4, -0.2) is 69.9 Å². The van der Waals surface area contributed by atoms with E-state index in [0.717, 1.165) is 26.1 Å². The molecule has 2 saturated heterocycles. The largest absolute Gasteiger partial charge is 0.497 e. The highest BCUT2D eigenvalue weighted by atomic mass is 32.2. The molecular formula is C21H33N3O4S. The molecule has 1 aromatic carbocycles. The molecule has 2 aliphatic heterocycles. The monoisotopic (exact) mass is 423 g/mol. The number of ether oxygens (including phenoxy) is 1. The lowest BCUT2D eigenvalue weighted by molar-refractivity contribution is -0.126. The number of amides is 1. The molecular weight excluding hydrogens is 390 g/mol. The fourth-order valence-electron chi connectivity index (χ4n) is 4.16. The molecule has 0 saturated carbocycles. The Bertz CT molecular complexity index is 776. The molecule has 0 aromatic heterocycles. The number of nitrogens with one attached hydrogen (secondary N) is 1. The summed E-state index contributed by atoms with van der Waals surface area (Å²) in [5.41, 5.74) is 0. The molecule has 7 nitrogen and oxygen atoms in total. The maximum Gasteiger partial charge on any atom is 0.243 e. The van der Waals surface area contributed by atoms with Crippen LogP contribution >= 0.6 is 0 Å². The van der Waals surface area contributed by atoms with Gasteiger partial charge in [0.05, 0.1) is 17.9 Å². The zero-order chi connectivity index (χ0) is 20.9. The van der Waals surface area contributed by atoms with Gasteiger partial charge < -0.3 is 15.0 Å². The average molecular weight is 424 g/mol. The van der Waals surface area contributed by atoms with Crippen molar-refractivity contribution in [1.82, 2.24) is 14.5 Å². The van der Waals surface area contributed by atoms with Crippen molar-refractivity contribution in [3.8, 4) is 5.75 Å². The van der Waals surface area contributed by atoms with Gasteiger partial charge in [-0.1, -0.05) is 6.92 Å². The number of rotatable bonds is 8. The van der Waals surface area contributed by atoms with Crippen molar-refractivity contribution in [3.05, 3.63) is 24.3 Å². The minimum absolute atomic E-state index is 0.0343. The predicted molar refractivity (Wildman–Crippen MR) is 112 cm³/mol. The fourth-order valence-corrected chi connectivity index (χ4v) is 5.69. The number of nitrogens with zero attached hydrogens (tertiary/aromatic N) is 2. The lowest BCUT2D eigenvalue weighted by atomic mass is 9.98. The van der Waals surface area contributed by atoms with E-state index in [1.807, 2.05) is 0 Å². The van der Waals surface area contributed by atoms with Crippen molar-refractivity contribution in [3.63, 3.8) is 0 Å². The second kappa shape index (κ2) is 9.91. The van der Waals surface area contributed by atoms with Crippen LogP contribution in [0.3, 0.4) is 0 Å². The summed E-state index contributed by atoms with van der Waals surface area (Å²) in [7, 11) is -2.06. The minimum Gasteiger partial charge on any atom is -0.497 e. The molecule has 2 aliphatic rings. The van der Waals surface area contributed by atoms with Gasteiger partial charge in [0, 0.05) is 26.2 Å². The maximum absolute atomic E-state index is 13.0. The van der Waals surface area contributed by atoms with Crippen LogP contribution in [0.2, 0.25) is 0 Å². The summed E-state index contributed by atoms with van der Waals surface area (Å²) in [6.45, 7) is 6.78. The molecule has 3 rings (SSSR count). The molecule has 0 bridgehead atoms. The van der Waals surface area contributed by atoms with Crippen molar-refractivity contribution in [2.24, 2.45) is 11.8 Å². The van der Waals surface area contributed by atoms with Crippen molar-refractivity contribution in [2.75, 3.05) is 46.4 Å². The highest BCUT2D eigenvalue weighted by molar-refractivity contribution is 7.89. The highest BCUT2D eigenvalue weighted by Crippen LogP contribution is 2.25. The number of carbonyl (C=O) groups excluding carboxylic acids is 1. The van der Waals surface area contributed by atoms with E-state index in [0.29, 0.717) is 31.2 Å². The van der Waals surface area contributed by atoms with Crippen LogP contribution in [-0.2, 0) is 14.8 Å². The molecule has 29 heavy (non-hydrogen) atoms. The molecule has 2 atom stereocenters. The van der Waals surface area contributed by atoms with Crippen LogP contribution in [0.4, 0.5) is 0 Å². The van der Waals surface area contributed by atoms with Crippen molar-refractivity contribution >= 4 is 15.9 Å². The Morgan fingerprint density at radius 3 is 2.52 bits per heavy atom. The van der Waals surface area contributed by atoms with Crippen LogP contribution in [0.15, 0.2) is 29.2 Å². The van der Waals surface area contributed by atoms with Gasteiger partial charge in [0.1, 0.15) is 5.75 Å². The van der Waals surface area contributed by atoms with Gasteiger partial charge in [-0.2, -0.15) is 4.31 Å². The van der Waals surface area contributed by atoms with Gasteiger partial charge >= 0.3 is 0 Å². The summed E-state index contributed by atoms with van der Waals surface area (Å²) in [6.07, 6.45) is 3.94. The Morgan fingerprint density at radius 2 is 1.86 bits per heavy atom. The predicted octanol–water partition coefficient (Wildman–Crippen LogP) is 1.94. The lowest BCUT2D eigenvalue weighted by Crippen LogP contribution is -2.46. The van der Waals surface area contributed by atoms with Gasteiger partial charge in [0.25, 0.3) is 0 Å². The SMILES string of the molecule is COc1ccc(S(=O)(=O)N2CCC[C@H](C(=O)NC[C@H](C)CN3CCCC3)C2)cc1. The number of likely N-dealkylation sites (tertiary alicyclic amines) is 1. The van der Waals surface area contributed by atoms with E-state index in [1.54, 1.807) is 31.4 Å². The first-order valence-corrected chi connectivity index (χ1v) is 12.0. The summed E-state index contributed by atoms with van der Waals surface area (Å²) in [5, 5.41) is 3.05. The molecule has 2 heterocycles. The van der Waals surface area contributed by atoms with Gasteiger partial charge in [-0.25, -0.2) is 8.42 Å². The first-order valence-electron chi connectivity index (χ1n) is 10.5. The van der Waals surface area contributed by atoms with Crippen LogP contribution in [0, 0.1) is 11.8 Å².